The van der Waals surface area contributed by atoms with Gasteiger partial charge in [-0.2, -0.15) is 9.49 Å². The molecule has 0 fully saturated rings. The summed E-state index contributed by atoms with van der Waals surface area (Å²) in [7, 11) is 0. The molecular formula is C7H9FN2. The molecular weight excluding hydrogens is 131 g/mol. The third kappa shape index (κ3) is 1.76. The quantitative estimate of drug-likeness (QED) is 0.623. The highest BCUT2D eigenvalue weighted by Crippen LogP contribution is 2.00. The van der Waals surface area contributed by atoms with Gasteiger partial charge in [-0.3, -0.25) is 0 Å². The summed E-state index contributed by atoms with van der Waals surface area (Å²) in [4.78, 5) is 0. The molecule has 0 atom stereocenters. The van der Waals surface area contributed by atoms with Gasteiger partial charge in [-0.05, 0) is 18.1 Å². The van der Waals surface area contributed by atoms with Gasteiger partial charge < -0.3 is 0 Å². The molecule has 0 aliphatic carbocycles. The molecule has 0 N–H and O–H groups in total. The molecule has 1 aromatic heterocycles. The SMILES string of the molecule is CCCc1cnnc(F)c1. The molecule has 0 radical (unpaired) electrons. The highest BCUT2D eigenvalue weighted by atomic mass is 19.1. The van der Waals surface area contributed by atoms with Gasteiger partial charge in [0.1, 0.15) is 0 Å². The second-order valence-corrected chi connectivity index (χ2v) is 2.14. The lowest BCUT2D eigenvalue weighted by Crippen LogP contribution is -1.91. The summed E-state index contributed by atoms with van der Waals surface area (Å²) in [6, 6.07) is 1.41. The monoisotopic (exact) mass is 140 g/mol. The van der Waals surface area contributed by atoms with Crippen LogP contribution in [0.3, 0.4) is 0 Å². The lowest BCUT2D eigenvalue weighted by atomic mass is 10.2. The molecule has 0 saturated heterocycles. The number of aryl methyl sites for hydroxylation is 1. The third-order valence-electron chi connectivity index (χ3n) is 1.22. The van der Waals surface area contributed by atoms with E-state index in [0.717, 1.165) is 18.4 Å². The van der Waals surface area contributed by atoms with E-state index in [0.29, 0.717) is 0 Å². The van der Waals surface area contributed by atoms with Crippen LogP contribution in [0.1, 0.15) is 18.9 Å². The van der Waals surface area contributed by atoms with E-state index in [9.17, 15) is 4.39 Å². The Hall–Kier alpha value is -0.990. The Labute approximate surface area is 59.1 Å². The second kappa shape index (κ2) is 3.25. The largest absolute Gasteiger partial charge is 0.233 e. The van der Waals surface area contributed by atoms with E-state index < -0.39 is 5.95 Å². The first kappa shape index (κ1) is 7.12. The summed E-state index contributed by atoms with van der Waals surface area (Å²) in [5, 5.41) is 6.68. The van der Waals surface area contributed by atoms with Crippen molar-refractivity contribution in [3.63, 3.8) is 0 Å². The molecule has 0 aromatic carbocycles. The summed E-state index contributed by atoms with van der Waals surface area (Å²) in [6.07, 6.45) is 3.46. The molecule has 0 amide bonds. The van der Waals surface area contributed by atoms with Crippen molar-refractivity contribution in [2.24, 2.45) is 0 Å². The zero-order valence-corrected chi connectivity index (χ0v) is 5.84. The van der Waals surface area contributed by atoms with Crippen LogP contribution in [-0.4, -0.2) is 10.2 Å². The average Bonchev–Trinajstić information content (AvgIpc) is 1.88. The van der Waals surface area contributed by atoms with E-state index in [2.05, 4.69) is 10.2 Å². The van der Waals surface area contributed by atoms with Gasteiger partial charge in [0, 0.05) is 0 Å². The lowest BCUT2D eigenvalue weighted by molar-refractivity contribution is 0.559. The fraction of sp³-hybridized carbons (Fsp3) is 0.429. The molecule has 54 valence electrons. The van der Waals surface area contributed by atoms with Crippen LogP contribution in [0.25, 0.3) is 0 Å². The van der Waals surface area contributed by atoms with Crippen LogP contribution in [0.4, 0.5) is 4.39 Å². The Balaban J connectivity index is 2.75. The van der Waals surface area contributed by atoms with Crippen LogP contribution in [0.5, 0.6) is 0 Å². The zero-order valence-electron chi connectivity index (χ0n) is 5.84. The van der Waals surface area contributed by atoms with Crippen molar-refractivity contribution in [2.45, 2.75) is 19.8 Å². The molecule has 0 aliphatic rings. The number of halogens is 1. The predicted octanol–water partition coefficient (Wildman–Crippen LogP) is 1.57. The maximum absolute atomic E-state index is 12.3. The van der Waals surface area contributed by atoms with Gasteiger partial charge in [-0.1, -0.05) is 13.3 Å². The molecule has 1 rings (SSSR count). The zero-order chi connectivity index (χ0) is 7.40. The van der Waals surface area contributed by atoms with Gasteiger partial charge in [0.25, 0.3) is 0 Å². The minimum atomic E-state index is -0.494. The minimum absolute atomic E-state index is 0.494. The maximum atomic E-state index is 12.3. The number of nitrogens with zero attached hydrogens (tertiary/aromatic N) is 2. The van der Waals surface area contributed by atoms with Gasteiger partial charge in [0.2, 0.25) is 5.95 Å². The minimum Gasteiger partial charge on any atom is -0.183 e. The highest BCUT2D eigenvalue weighted by Gasteiger charge is 1.94. The molecule has 0 bridgehead atoms. The standard InChI is InChI=1S/C7H9FN2/c1-2-3-6-4-7(8)10-9-5-6/h4-5H,2-3H2,1H3. The van der Waals surface area contributed by atoms with E-state index in [4.69, 9.17) is 0 Å². The smallest absolute Gasteiger partial charge is 0.183 e. The molecule has 1 aromatic rings. The summed E-state index contributed by atoms with van der Waals surface area (Å²) >= 11 is 0. The second-order valence-electron chi connectivity index (χ2n) is 2.14. The highest BCUT2D eigenvalue weighted by molar-refractivity contribution is 5.05. The third-order valence-corrected chi connectivity index (χ3v) is 1.22. The van der Waals surface area contributed by atoms with Gasteiger partial charge in [-0.25, -0.2) is 0 Å². The van der Waals surface area contributed by atoms with Crippen LogP contribution in [0, 0.1) is 5.95 Å². The van der Waals surface area contributed by atoms with E-state index in [1.165, 1.54) is 6.07 Å². The van der Waals surface area contributed by atoms with Crippen molar-refractivity contribution >= 4 is 0 Å². The lowest BCUT2D eigenvalue weighted by Gasteiger charge is -1.94. The predicted molar refractivity (Wildman–Crippen MR) is 36.0 cm³/mol. The van der Waals surface area contributed by atoms with Gasteiger partial charge in [-0.15, -0.1) is 5.10 Å². The van der Waals surface area contributed by atoms with Crippen LogP contribution < -0.4 is 0 Å². The van der Waals surface area contributed by atoms with E-state index in [-0.39, 0.29) is 0 Å². The number of hydrogen-bond donors (Lipinski definition) is 0. The summed E-state index contributed by atoms with van der Waals surface area (Å²) in [5.41, 5.74) is 0.912. The van der Waals surface area contributed by atoms with Crippen LogP contribution in [0.15, 0.2) is 12.3 Å². The van der Waals surface area contributed by atoms with Crippen molar-refractivity contribution in [3.8, 4) is 0 Å². The van der Waals surface area contributed by atoms with Crippen molar-refractivity contribution in [1.82, 2.24) is 10.2 Å². The summed E-state index contributed by atoms with van der Waals surface area (Å²) < 4.78 is 12.3. The molecule has 10 heavy (non-hydrogen) atoms. The Morgan fingerprint density at radius 3 is 3.00 bits per heavy atom. The number of rotatable bonds is 2. The molecule has 2 nitrogen and oxygen atoms in total. The normalized spacial score (nSPS) is 9.80. The first-order valence-electron chi connectivity index (χ1n) is 3.30. The van der Waals surface area contributed by atoms with Crippen LogP contribution in [0.2, 0.25) is 0 Å². The number of aromatic nitrogens is 2. The van der Waals surface area contributed by atoms with Crippen molar-refractivity contribution in [3.05, 3.63) is 23.8 Å². The van der Waals surface area contributed by atoms with E-state index in [1.807, 2.05) is 6.92 Å². The van der Waals surface area contributed by atoms with Gasteiger partial charge in [0.05, 0.1) is 6.20 Å². The Kier molecular flexibility index (Phi) is 2.31. The van der Waals surface area contributed by atoms with Crippen LogP contribution >= 0.6 is 0 Å². The first-order valence-corrected chi connectivity index (χ1v) is 3.30. The molecule has 3 heteroatoms. The van der Waals surface area contributed by atoms with Crippen molar-refractivity contribution in [1.29, 1.82) is 0 Å². The van der Waals surface area contributed by atoms with Crippen LogP contribution in [-0.2, 0) is 6.42 Å². The fourth-order valence-electron chi connectivity index (χ4n) is 0.803. The topological polar surface area (TPSA) is 25.8 Å². The fourth-order valence-corrected chi connectivity index (χ4v) is 0.803. The molecule has 0 spiro atoms. The molecule has 0 unspecified atom stereocenters. The Morgan fingerprint density at radius 1 is 1.60 bits per heavy atom. The van der Waals surface area contributed by atoms with Crippen molar-refractivity contribution in [2.75, 3.05) is 0 Å². The van der Waals surface area contributed by atoms with E-state index in [1.54, 1.807) is 6.20 Å². The number of hydrogen-bond acceptors (Lipinski definition) is 2. The summed E-state index contributed by atoms with van der Waals surface area (Å²) in [6.45, 7) is 2.04. The maximum Gasteiger partial charge on any atom is 0.233 e. The molecule has 0 saturated carbocycles. The van der Waals surface area contributed by atoms with Gasteiger partial charge in [0.15, 0.2) is 0 Å². The van der Waals surface area contributed by atoms with Gasteiger partial charge >= 0.3 is 0 Å². The molecule has 1 heterocycles. The Morgan fingerprint density at radius 2 is 2.40 bits per heavy atom. The Bertz CT molecular complexity index is 213. The van der Waals surface area contributed by atoms with Crippen molar-refractivity contribution < 1.29 is 4.39 Å². The average molecular weight is 140 g/mol. The first-order chi connectivity index (χ1) is 4.83. The van der Waals surface area contributed by atoms with E-state index >= 15 is 0 Å². The summed E-state index contributed by atoms with van der Waals surface area (Å²) in [5.74, 6) is -0.494. The molecule has 0 aliphatic heterocycles.